The zero-order chi connectivity index (χ0) is 22.5. The third-order valence-electron chi connectivity index (χ3n) is 5.64. The molecule has 0 unspecified atom stereocenters. The van der Waals surface area contributed by atoms with Gasteiger partial charge in [-0.1, -0.05) is 66.2 Å². The second kappa shape index (κ2) is 10.3. The fourth-order valence-corrected chi connectivity index (χ4v) is 4.39. The number of aromatic nitrogens is 2. The number of ether oxygens (including phenoxy) is 1. The molecule has 1 aliphatic heterocycles. The molecule has 0 aliphatic carbocycles. The minimum absolute atomic E-state index is 0.209. The Hall–Kier alpha value is -2.67. The minimum Gasteiger partial charge on any atom is -0.376 e. The molecule has 7 heteroatoms. The Morgan fingerprint density at radius 1 is 1.12 bits per heavy atom. The van der Waals surface area contributed by atoms with Crippen molar-refractivity contribution < 1.29 is 9.53 Å². The van der Waals surface area contributed by atoms with E-state index in [9.17, 15) is 4.79 Å². The number of morpholine rings is 1. The van der Waals surface area contributed by atoms with Gasteiger partial charge >= 0.3 is 0 Å². The van der Waals surface area contributed by atoms with Gasteiger partial charge in [-0.3, -0.25) is 9.69 Å². The van der Waals surface area contributed by atoms with Crippen LogP contribution in [-0.2, 0) is 24.4 Å². The lowest BCUT2D eigenvalue weighted by molar-refractivity contribution is -0.0212. The summed E-state index contributed by atoms with van der Waals surface area (Å²) in [5, 5.41) is 7.84. The van der Waals surface area contributed by atoms with Gasteiger partial charge in [-0.2, -0.15) is 5.10 Å². The third-order valence-corrected chi connectivity index (χ3v) is 6.03. The van der Waals surface area contributed by atoms with Crippen LogP contribution in [0.4, 0.5) is 0 Å². The maximum Gasteiger partial charge on any atom is 0.256 e. The van der Waals surface area contributed by atoms with Crippen molar-refractivity contribution in [3.05, 3.63) is 87.7 Å². The van der Waals surface area contributed by atoms with Gasteiger partial charge in [0.15, 0.2) is 0 Å². The van der Waals surface area contributed by atoms with Crippen LogP contribution in [0, 0.1) is 6.92 Å². The van der Waals surface area contributed by atoms with Gasteiger partial charge in [-0.05, 0) is 30.5 Å². The first-order valence-electron chi connectivity index (χ1n) is 11.0. The fraction of sp³-hybridized carbons (Fsp3) is 0.360. The number of rotatable bonds is 7. The Balaban J connectivity index is 1.38. The van der Waals surface area contributed by atoms with Gasteiger partial charge in [0.2, 0.25) is 0 Å². The number of amides is 1. The average molecular weight is 453 g/mol. The van der Waals surface area contributed by atoms with Crippen molar-refractivity contribution >= 4 is 17.5 Å². The van der Waals surface area contributed by atoms with Crippen molar-refractivity contribution in [3.8, 4) is 0 Å². The van der Waals surface area contributed by atoms with E-state index in [0.29, 0.717) is 29.5 Å². The Morgan fingerprint density at radius 2 is 1.88 bits per heavy atom. The highest BCUT2D eigenvalue weighted by molar-refractivity contribution is 6.33. The number of carbonyl (C=O) groups is 1. The molecule has 1 N–H and O–H groups in total. The molecule has 0 radical (unpaired) electrons. The van der Waals surface area contributed by atoms with Crippen LogP contribution >= 0.6 is 11.6 Å². The monoisotopic (exact) mass is 452 g/mol. The smallest absolute Gasteiger partial charge is 0.256 e. The molecule has 2 heterocycles. The highest BCUT2D eigenvalue weighted by atomic mass is 35.5. The van der Waals surface area contributed by atoms with Gasteiger partial charge < -0.3 is 10.1 Å². The van der Waals surface area contributed by atoms with Crippen LogP contribution in [0.15, 0.2) is 54.6 Å². The second-order valence-corrected chi connectivity index (χ2v) is 8.67. The Morgan fingerprint density at radius 3 is 2.66 bits per heavy atom. The molecule has 168 valence electrons. The van der Waals surface area contributed by atoms with Crippen molar-refractivity contribution in [1.82, 2.24) is 20.0 Å². The third kappa shape index (κ3) is 5.57. The molecule has 1 fully saturated rings. The van der Waals surface area contributed by atoms with E-state index in [0.717, 1.165) is 37.4 Å². The van der Waals surface area contributed by atoms with Crippen molar-refractivity contribution in [3.63, 3.8) is 0 Å². The predicted octanol–water partition coefficient (Wildman–Crippen LogP) is 4.04. The molecule has 6 nitrogen and oxygen atoms in total. The lowest BCUT2D eigenvalue weighted by atomic mass is 10.1. The van der Waals surface area contributed by atoms with E-state index in [1.807, 2.05) is 49.4 Å². The molecule has 4 rings (SSSR count). The van der Waals surface area contributed by atoms with E-state index in [1.54, 1.807) is 4.68 Å². The molecular weight excluding hydrogens is 424 g/mol. The molecule has 1 saturated heterocycles. The first-order valence-corrected chi connectivity index (χ1v) is 11.3. The van der Waals surface area contributed by atoms with Crippen molar-refractivity contribution in [2.75, 3.05) is 19.7 Å². The number of nitrogens with zero attached hydrogens (tertiary/aromatic N) is 3. The molecule has 0 spiro atoms. The molecule has 1 amide bonds. The number of halogens is 1. The maximum atomic E-state index is 12.9. The molecule has 1 atom stereocenters. The molecule has 0 bridgehead atoms. The quantitative estimate of drug-likeness (QED) is 0.587. The fourth-order valence-electron chi connectivity index (χ4n) is 4.07. The lowest BCUT2D eigenvalue weighted by Gasteiger charge is -2.31. The first kappa shape index (κ1) is 22.5. The summed E-state index contributed by atoms with van der Waals surface area (Å²) in [7, 11) is 0. The van der Waals surface area contributed by atoms with Crippen LogP contribution in [0.25, 0.3) is 0 Å². The van der Waals surface area contributed by atoms with E-state index in [2.05, 4.69) is 34.4 Å². The summed E-state index contributed by atoms with van der Waals surface area (Å²) < 4.78 is 7.30. The molecule has 3 aromatic rings. The first-order chi connectivity index (χ1) is 15.5. The van der Waals surface area contributed by atoms with Crippen molar-refractivity contribution in [1.29, 1.82) is 0 Å². The maximum absolute atomic E-state index is 12.9. The SMILES string of the molecule is Cc1nn(Cc2ccccc2)c(Cl)c1C(=O)NCc1cccc(CN2CCO[C@@H](C)C2)c1. The van der Waals surface area contributed by atoms with Gasteiger partial charge in [0, 0.05) is 26.2 Å². The predicted molar refractivity (Wildman–Crippen MR) is 126 cm³/mol. The Labute approximate surface area is 194 Å². The van der Waals surface area contributed by atoms with Gasteiger partial charge in [0.05, 0.1) is 30.5 Å². The van der Waals surface area contributed by atoms with Crippen molar-refractivity contribution in [2.24, 2.45) is 0 Å². The molecule has 2 aromatic carbocycles. The van der Waals surface area contributed by atoms with E-state index in [4.69, 9.17) is 16.3 Å². The summed E-state index contributed by atoms with van der Waals surface area (Å²) in [6, 6.07) is 18.3. The molecule has 0 saturated carbocycles. The number of hydrogen-bond donors (Lipinski definition) is 1. The topological polar surface area (TPSA) is 59.4 Å². The van der Waals surface area contributed by atoms with Crippen LogP contribution in [0.2, 0.25) is 5.15 Å². The van der Waals surface area contributed by atoms with Gasteiger partial charge in [0.25, 0.3) is 5.91 Å². The van der Waals surface area contributed by atoms with E-state index >= 15 is 0 Å². The normalized spacial score (nSPS) is 16.8. The Bertz CT molecular complexity index is 1070. The van der Waals surface area contributed by atoms with Crippen LogP contribution in [0.3, 0.4) is 0 Å². The van der Waals surface area contributed by atoms with Crippen LogP contribution in [-0.4, -0.2) is 46.4 Å². The zero-order valence-corrected chi connectivity index (χ0v) is 19.3. The number of aryl methyl sites for hydroxylation is 1. The number of carbonyl (C=O) groups excluding carboxylic acids is 1. The highest BCUT2D eigenvalue weighted by Gasteiger charge is 2.20. The van der Waals surface area contributed by atoms with Crippen LogP contribution in [0.1, 0.15) is 39.7 Å². The lowest BCUT2D eigenvalue weighted by Crippen LogP contribution is -2.40. The van der Waals surface area contributed by atoms with E-state index in [1.165, 1.54) is 5.56 Å². The standard InChI is InChI=1S/C25H29ClN4O2/c1-18-15-29(11-12-32-18)16-22-10-6-9-21(13-22)14-27-25(31)23-19(2)28-30(24(23)26)17-20-7-4-3-5-8-20/h3-10,13,18H,11-12,14-17H2,1-2H3,(H,27,31)/t18-/m0/s1. The average Bonchev–Trinajstić information content (AvgIpc) is 3.06. The number of benzene rings is 2. The summed E-state index contributed by atoms with van der Waals surface area (Å²) in [6.07, 6.45) is 0.266. The van der Waals surface area contributed by atoms with Gasteiger partial charge in [-0.25, -0.2) is 4.68 Å². The van der Waals surface area contributed by atoms with Crippen LogP contribution in [0.5, 0.6) is 0 Å². The van der Waals surface area contributed by atoms with E-state index < -0.39 is 0 Å². The summed E-state index contributed by atoms with van der Waals surface area (Å²) in [6.45, 7) is 8.41. The molecule has 1 aromatic heterocycles. The van der Waals surface area contributed by atoms with Gasteiger partial charge in [-0.15, -0.1) is 0 Å². The van der Waals surface area contributed by atoms with Gasteiger partial charge in [0.1, 0.15) is 5.15 Å². The number of nitrogens with one attached hydrogen (secondary N) is 1. The number of hydrogen-bond acceptors (Lipinski definition) is 4. The summed E-state index contributed by atoms with van der Waals surface area (Å²) in [5.74, 6) is -0.209. The zero-order valence-electron chi connectivity index (χ0n) is 18.6. The molecular formula is C25H29ClN4O2. The highest BCUT2D eigenvalue weighted by Crippen LogP contribution is 2.21. The summed E-state index contributed by atoms with van der Waals surface area (Å²) in [5.41, 5.74) is 4.42. The largest absolute Gasteiger partial charge is 0.376 e. The second-order valence-electron chi connectivity index (χ2n) is 8.31. The molecule has 32 heavy (non-hydrogen) atoms. The van der Waals surface area contributed by atoms with E-state index in [-0.39, 0.29) is 12.0 Å². The minimum atomic E-state index is -0.209. The summed E-state index contributed by atoms with van der Waals surface area (Å²) >= 11 is 6.53. The Kier molecular flexibility index (Phi) is 7.25. The van der Waals surface area contributed by atoms with Crippen LogP contribution < -0.4 is 5.32 Å². The molecule has 1 aliphatic rings. The summed E-state index contributed by atoms with van der Waals surface area (Å²) in [4.78, 5) is 15.3. The van der Waals surface area contributed by atoms with Crippen molar-refractivity contribution in [2.45, 2.75) is 39.6 Å².